The van der Waals surface area contributed by atoms with Crippen molar-refractivity contribution in [2.24, 2.45) is 0 Å². The maximum Gasteiger partial charge on any atom is 0.141 e. The van der Waals surface area contributed by atoms with E-state index in [-0.39, 0.29) is 12.4 Å². The second kappa shape index (κ2) is 5.19. The van der Waals surface area contributed by atoms with Crippen LogP contribution in [0.5, 0.6) is 0 Å². The molecule has 84 valence electrons. The topological polar surface area (TPSA) is 45.1 Å². The zero-order chi connectivity index (χ0) is 11.3. The van der Waals surface area contributed by atoms with Gasteiger partial charge in [0.25, 0.3) is 0 Å². The molecule has 1 unspecified atom stereocenters. The van der Waals surface area contributed by atoms with Crippen LogP contribution in [0.4, 0.5) is 4.39 Å². The minimum absolute atomic E-state index is 0.0852. The van der Waals surface area contributed by atoms with Crippen LogP contribution in [-0.4, -0.2) is 23.2 Å². The predicted molar refractivity (Wildman–Crippen MR) is 56.9 cm³/mol. The summed E-state index contributed by atoms with van der Waals surface area (Å²) in [4.78, 5) is 3.78. The Morgan fingerprint density at radius 2 is 2.27 bits per heavy atom. The molecule has 1 aromatic heterocycles. The number of halogens is 1. The molecule has 4 heteroatoms. The van der Waals surface area contributed by atoms with Gasteiger partial charge in [-0.15, -0.1) is 0 Å². The molecule has 1 aromatic rings. The number of hydrogen-bond acceptors (Lipinski definition) is 3. The van der Waals surface area contributed by atoms with E-state index in [1.54, 1.807) is 6.20 Å². The van der Waals surface area contributed by atoms with Crippen molar-refractivity contribution in [2.75, 3.05) is 13.2 Å². The van der Waals surface area contributed by atoms with Crippen LogP contribution < -0.4 is 5.32 Å². The van der Waals surface area contributed by atoms with Gasteiger partial charge in [0.2, 0.25) is 0 Å². The molecule has 1 atom stereocenters. The highest BCUT2D eigenvalue weighted by Crippen LogP contribution is 2.19. The molecular weight excluding hydrogens is 195 g/mol. The maximum atomic E-state index is 13.0. The zero-order valence-corrected chi connectivity index (χ0v) is 9.13. The van der Waals surface area contributed by atoms with Crippen LogP contribution in [0, 0.1) is 5.82 Å². The van der Waals surface area contributed by atoms with Crippen molar-refractivity contribution in [3.63, 3.8) is 0 Å². The number of pyridine rings is 1. The van der Waals surface area contributed by atoms with E-state index in [9.17, 15) is 9.50 Å². The first-order valence-corrected chi connectivity index (χ1v) is 5.09. The number of aliphatic hydroxyl groups excluding tert-OH is 1. The van der Waals surface area contributed by atoms with E-state index in [0.717, 1.165) is 19.2 Å². The zero-order valence-electron chi connectivity index (χ0n) is 9.13. The lowest BCUT2D eigenvalue weighted by molar-refractivity contribution is 0.175. The highest BCUT2D eigenvalue weighted by Gasteiger charge is 2.25. The molecule has 3 nitrogen and oxygen atoms in total. The molecule has 15 heavy (non-hydrogen) atoms. The monoisotopic (exact) mass is 212 g/mol. The third kappa shape index (κ3) is 2.97. The molecule has 0 radical (unpaired) electrons. The molecule has 0 aliphatic rings. The Kier molecular flexibility index (Phi) is 4.17. The summed E-state index contributed by atoms with van der Waals surface area (Å²) in [6, 6.07) is 1.39. The number of nitrogens with one attached hydrogen (secondary N) is 1. The predicted octanol–water partition coefficient (Wildman–Crippen LogP) is 1.43. The molecule has 0 amide bonds. The van der Waals surface area contributed by atoms with Crippen molar-refractivity contribution < 1.29 is 9.50 Å². The summed E-state index contributed by atoms with van der Waals surface area (Å²) in [5, 5.41) is 12.5. The van der Waals surface area contributed by atoms with Crippen LogP contribution in [0.25, 0.3) is 0 Å². The molecule has 0 aromatic carbocycles. The summed E-state index contributed by atoms with van der Waals surface area (Å²) in [7, 11) is 0. The second-order valence-electron chi connectivity index (χ2n) is 3.81. The van der Waals surface area contributed by atoms with Gasteiger partial charge in [-0.3, -0.25) is 4.98 Å². The molecule has 0 fully saturated rings. The molecule has 0 saturated carbocycles. The first kappa shape index (κ1) is 12.1. The highest BCUT2D eigenvalue weighted by atomic mass is 19.1. The Bertz CT molecular complexity index is 319. The smallest absolute Gasteiger partial charge is 0.141 e. The molecule has 0 aliphatic heterocycles. The van der Waals surface area contributed by atoms with Gasteiger partial charge in [-0.05, 0) is 31.5 Å². The van der Waals surface area contributed by atoms with Gasteiger partial charge in [-0.2, -0.15) is 0 Å². The number of nitrogens with zero attached hydrogens (tertiary/aromatic N) is 1. The molecule has 2 N–H and O–H groups in total. The summed E-state index contributed by atoms with van der Waals surface area (Å²) < 4.78 is 13.0. The van der Waals surface area contributed by atoms with Gasteiger partial charge in [-0.25, -0.2) is 4.39 Å². The second-order valence-corrected chi connectivity index (χ2v) is 3.81. The van der Waals surface area contributed by atoms with Gasteiger partial charge in [-0.1, -0.05) is 6.92 Å². The highest BCUT2D eigenvalue weighted by molar-refractivity contribution is 5.20. The Morgan fingerprint density at radius 3 is 2.80 bits per heavy atom. The van der Waals surface area contributed by atoms with Crippen LogP contribution in [0.15, 0.2) is 18.5 Å². The van der Waals surface area contributed by atoms with E-state index in [4.69, 9.17) is 0 Å². The van der Waals surface area contributed by atoms with Crippen molar-refractivity contribution in [2.45, 2.75) is 25.8 Å². The summed E-state index contributed by atoms with van der Waals surface area (Å²) in [5.74, 6) is -0.384. The Balaban J connectivity index is 2.89. The molecule has 1 rings (SSSR count). The van der Waals surface area contributed by atoms with E-state index in [2.05, 4.69) is 10.3 Å². The van der Waals surface area contributed by atoms with Crippen molar-refractivity contribution >= 4 is 0 Å². The van der Waals surface area contributed by atoms with Crippen molar-refractivity contribution in [3.05, 3.63) is 29.8 Å². The SMILES string of the molecule is CCCNC(C)(CO)c1cncc(F)c1. The minimum atomic E-state index is -0.620. The molecule has 0 aliphatic carbocycles. The third-order valence-electron chi connectivity index (χ3n) is 2.42. The van der Waals surface area contributed by atoms with E-state index in [0.29, 0.717) is 5.56 Å². The van der Waals surface area contributed by atoms with Gasteiger partial charge in [0.15, 0.2) is 0 Å². The van der Waals surface area contributed by atoms with E-state index in [1.165, 1.54) is 6.07 Å². The Labute approximate surface area is 89.4 Å². The molecule has 0 bridgehead atoms. The van der Waals surface area contributed by atoms with Crippen molar-refractivity contribution in [3.8, 4) is 0 Å². The van der Waals surface area contributed by atoms with Gasteiger partial charge in [0.1, 0.15) is 5.82 Å². The molecule has 0 saturated heterocycles. The number of aliphatic hydroxyl groups is 1. The Hall–Kier alpha value is -1.00. The fourth-order valence-corrected chi connectivity index (χ4v) is 1.36. The third-order valence-corrected chi connectivity index (χ3v) is 2.42. The molecule has 1 heterocycles. The van der Waals surface area contributed by atoms with Gasteiger partial charge < -0.3 is 10.4 Å². The fraction of sp³-hybridized carbons (Fsp3) is 0.545. The standard InChI is InChI=1S/C11H17FN2O/c1-3-4-14-11(2,8-15)9-5-10(12)7-13-6-9/h5-7,14-15H,3-4,8H2,1-2H3. The fourth-order valence-electron chi connectivity index (χ4n) is 1.36. The summed E-state index contributed by atoms with van der Waals surface area (Å²) in [6.45, 7) is 4.56. The van der Waals surface area contributed by atoms with E-state index >= 15 is 0 Å². The van der Waals surface area contributed by atoms with Gasteiger partial charge >= 0.3 is 0 Å². The summed E-state index contributed by atoms with van der Waals surface area (Å²) in [5.41, 5.74) is 0.0453. The van der Waals surface area contributed by atoms with Crippen molar-refractivity contribution in [1.82, 2.24) is 10.3 Å². The van der Waals surface area contributed by atoms with Crippen LogP contribution >= 0.6 is 0 Å². The average Bonchev–Trinajstić information content (AvgIpc) is 2.26. The van der Waals surface area contributed by atoms with Gasteiger partial charge in [0, 0.05) is 6.20 Å². The van der Waals surface area contributed by atoms with Crippen molar-refractivity contribution in [1.29, 1.82) is 0 Å². The largest absolute Gasteiger partial charge is 0.394 e. The van der Waals surface area contributed by atoms with Crippen LogP contribution in [0.1, 0.15) is 25.8 Å². The first-order valence-electron chi connectivity index (χ1n) is 5.09. The normalized spacial score (nSPS) is 14.9. The van der Waals surface area contributed by atoms with E-state index in [1.807, 2.05) is 13.8 Å². The van der Waals surface area contributed by atoms with E-state index < -0.39 is 5.54 Å². The summed E-state index contributed by atoms with van der Waals surface area (Å²) in [6.07, 6.45) is 3.68. The molecular formula is C11H17FN2O. The van der Waals surface area contributed by atoms with Gasteiger partial charge in [0.05, 0.1) is 18.3 Å². The number of rotatable bonds is 5. The van der Waals surface area contributed by atoms with Crippen LogP contribution in [-0.2, 0) is 5.54 Å². The lowest BCUT2D eigenvalue weighted by Gasteiger charge is -2.29. The molecule has 0 spiro atoms. The Morgan fingerprint density at radius 1 is 1.53 bits per heavy atom. The number of hydrogen-bond donors (Lipinski definition) is 2. The number of aromatic nitrogens is 1. The lowest BCUT2D eigenvalue weighted by atomic mass is 9.94. The maximum absolute atomic E-state index is 13.0. The first-order chi connectivity index (χ1) is 7.12. The quantitative estimate of drug-likeness (QED) is 0.776. The van der Waals surface area contributed by atoms with Crippen LogP contribution in [0.3, 0.4) is 0 Å². The van der Waals surface area contributed by atoms with Crippen LogP contribution in [0.2, 0.25) is 0 Å². The summed E-state index contributed by atoms with van der Waals surface area (Å²) >= 11 is 0. The average molecular weight is 212 g/mol. The lowest BCUT2D eigenvalue weighted by Crippen LogP contribution is -2.43. The minimum Gasteiger partial charge on any atom is -0.394 e.